The standard InChI is InChI=1S/C17H22F3N3O3/c1-9(2)7-13(14(21)24)22-15(25)12-6-5-11(17(18,19)20)16(23-12)26-8-10-3-4-10/h5-6,9-10,13H,3-4,7-8H2,1-2H3,(H2,21,24)(H,22,25)/t13-/m0/s1. The Morgan fingerprint density at radius 3 is 2.50 bits per heavy atom. The fraction of sp³-hybridized carbons (Fsp3) is 0.588. The number of rotatable bonds is 8. The van der Waals surface area contributed by atoms with E-state index in [2.05, 4.69) is 10.3 Å². The van der Waals surface area contributed by atoms with Crippen molar-refractivity contribution in [2.24, 2.45) is 17.6 Å². The first-order chi connectivity index (χ1) is 12.1. The number of amides is 2. The van der Waals surface area contributed by atoms with Gasteiger partial charge in [0.05, 0.1) is 6.61 Å². The average molecular weight is 373 g/mol. The first kappa shape index (κ1) is 20.0. The van der Waals surface area contributed by atoms with E-state index in [-0.39, 0.29) is 24.1 Å². The summed E-state index contributed by atoms with van der Waals surface area (Å²) in [4.78, 5) is 27.5. The van der Waals surface area contributed by atoms with Gasteiger partial charge in [-0.15, -0.1) is 0 Å². The minimum Gasteiger partial charge on any atom is -0.477 e. The van der Waals surface area contributed by atoms with Gasteiger partial charge in [0, 0.05) is 0 Å². The van der Waals surface area contributed by atoms with Crippen LogP contribution >= 0.6 is 0 Å². The van der Waals surface area contributed by atoms with Crippen LogP contribution in [0.25, 0.3) is 0 Å². The van der Waals surface area contributed by atoms with Crippen molar-refractivity contribution in [1.82, 2.24) is 10.3 Å². The van der Waals surface area contributed by atoms with Crippen molar-refractivity contribution >= 4 is 11.8 Å². The molecule has 26 heavy (non-hydrogen) atoms. The second-order valence-electron chi connectivity index (χ2n) is 6.86. The van der Waals surface area contributed by atoms with E-state index in [1.54, 1.807) is 0 Å². The molecule has 0 bridgehead atoms. The van der Waals surface area contributed by atoms with Gasteiger partial charge in [-0.25, -0.2) is 4.98 Å². The molecule has 0 saturated heterocycles. The van der Waals surface area contributed by atoms with Gasteiger partial charge in [0.1, 0.15) is 17.3 Å². The summed E-state index contributed by atoms with van der Waals surface area (Å²) in [6.07, 6.45) is -2.53. The van der Waals surface area contributed by atoms with Crippen molar-refractivity contribution in [3.8, 4) is 5.88 Å². The number of carbonyl (C=O) groups is 2. The van der Waals surface area contributed by atoms with Crippen molar-refractivity contribution in [3.63, 3.8) is 0 Å². The number of hydrogen-bond donors (Lipinski definition) is 2. The van der Waals surface area contributed by atoms with Crippen LogP contribution in [0.15, 0.2) is 12.1 Å². The van der Waals surface area contributed by atoms with Crippen molar-refractivity contribution < 1.29 is 27.5 Å². The van der Waals surface area contributed by atoms with Crippen molar-refractivity contribution in [2.75, 3.05) is 6.61 Å². The Hall–Kier alpha value is -2.32. The van der Waals surface area contributed by atoms with Crippen LogP contribution in [0.5, 0.6) is 5.88 Å². The molecule has 0 aromatic carbocycles. The molecule has 1 heterocycles. The van der Waals surface area contributed by atoms with E-state index < -0.39 is 35.5 Å². The lowest BCUT2D eigenvalue weighted by molar-refractivity contribution is -0.139. The number of ether oxygens (including phenoxy) is 1. The molecule has 3 N–H and O–H groups in total. The maximum Gasteiger partial charge on any atom is 0.421 e. The van der Waals surface area contributed by atoms with Crippen LogP contribution in [0, 0.1) is 11.8 Å². The average Bonchev–Trinajstić information content (AvgIpc) is 3.34. The molecule has 2 rings (SSSR count). The molecule has 0 unspecified atom stereocenters. The molecule has 6 nitrogen and oxygen atoms in total. The SMILES string of the molecule is CC(C)C[C@H](NC(=O)c1ccc(C(F)(F)F)c(OCC2CC2)n1)C(N)=O. The number of nitrogens with zero attached hydrogens (tertiary/aromatic N) is 1. The van der Waals surface area contributed by atoms with Gasteiger partial charge in [-0.1, -0.05) is 13.8 Å². The lowest BCUT2D eigenvalue weighted by Gasteiger charge is -2.18. The Balaban J connectivity index is 2.20. The van der Waals surface area contributed by atoms with E-state index in [1.807, 2.05) is 13.8 Å². The molecule has 1 fully saturated rings. The molecule has 1 saturated carbocycles. The zero-order valence-corrected chi connectivity index (χ0v) is 14.6. The first-order valence-corrected chi connectivity index (χ1v) is 8.39. The van der Waals surface area contributed by atoms with Gasteiger partial charge < -0.3 is 15.8 Å². The predicted molar refractivity (Wildman–Crippen MR) is 87.4 cm³/mol. The zero-order chi connectivity index (χ0) is 19.5. The summed E-state index contributed by atoms with van der Waals surface area (Å²) in [6.45, 7) is 3.82. The molecular formula is C17H22F3N3O3. The smallest absolute Gasteiger partial charge is 0.421 e. The molecule has 1 aromatic rings. The number of carbonyl (C=O) groups excluding carboxylic acids is 2. The van der Waals surface area contributed by atoms with Crippen LogP contribution in [-0.4, -0.2) is 29.4 Å². The molecule has 2 amide bonds. The summed E-state index contributed by atoms with van der Waals surface area (Å²) in [5, 5.41) is 2.41. The molecule has 144 valence electrons. The largest absolute Gasteiger partial charge is 0.477 e. The predicted octanol–water partition coefficient (Wildman–Crippen LogP) is 2.52. The number of nitrogens with one attached hydrogen (secondary N) is 1. The second-order valence-corrected chi connectivity index (χ2v) is 6.86. The van der Waals surface area contributed by atoms with Crippen LogP contribution in [0.4, 0.5) is 13.2 Å². The molecule has 0 aliphatic heterocycles. The van der Waals surface area contributed by atoms with Crippen LogP contribution in [0.3, 0.4) is 0 Å². The zero-order valence-electron chi connectivity index (χ0n) is 14.6. The minimum absolute atomic E-state index is 0.0887. The maximum atomic E-state index is 13.1. The number of alkyl halides is 3. The summed E-state index contributed by atoms with van der Waals surface area (Å²) >= 11 is 0. The van der Waals surface area contributed by atoms with E-state index in [0.29, 0.717) is 6.42 Å². The molecule has 1 atom stereocenters. The normalized spacial score (nSPS) is 15.6. The summed E-state index contributed by atoms with van der Waals surface area (Å²) in [5.74, 6) is -1.81. The van der Waals surface area contributed by atoms with Crippen LogP contribution in [-0.2, 0) is 11.0 Å². The molecule has 0 radical (unpaired) electrons. The van der Waals surface area contributed by atoms with E-state index >= 15 is 0 Å². The maximum absolute atomic E-state index is 13.1. The monoisotopic (exact) mass is 373 g/mol. The van der Waals surface area contributed by atoms with E-state index in [0.717, 1.165) is 25.0 Å². The third kappa shape index (κ3) is 5.60. The number of nitrogens with two attached hydrogens (primary N) is 1. The Morgan fingerprint density at radius 1 is 1.35 bits per heavy atom. The summed E-state index contributed by atoms with van der Waals surface area (Å²) in [6, 6.07) is 0.781. The molecule has 1 aromatic heterocycles. The summed E-state index contributed by atoms with van der Waals surface area (Å²) in [7, 11) is 0. The molecular weight excluding hydrogens is 351 g/mol. The van der Waals surface area contributed by atoms with Crippen molar-refractivity contribution in [1.29, 1.82) is 0 Å². The summed E-state index contributed by atoms with van der Waals surface area (Å²) in [5.41, 5.74) is 3.96. The Morgan fingerprint density at radius 2 is 2.00 bits per heavy atom. The fourth-order valence-corrected chi connectivity index (χ4v) is 2.32. The highest BCUT2D eigenvalue weighted by Gasteiger charge is 2.36. The molecule has 9 heteroatoms. The number of primary amides is 1. The van der Waals surface area contributed by atoms with Crippen molar-refractivity contribution in [2.45, 2.75) is 45.3 Å². The van der Waals surface area contributed by atoms with Gasteiger partial charge in [-0.2, -0.15) is 13.2 Å². The van der Waals surface area contributed by atoms with E-state index in [9.17, 15) is 22.8 Å². The molecule has 1 aliphatic carbocycles. The molecule has 0 spiro atoms. The quantitative estimate of drug-likeness (QED) is 0.732. The molecule has 1 aliphatic rings. The Labute approximate surface area is 149 Å². The lowest BCUT2D eigenvalue weighted by atomic mass is 10.0. The third-order valence-corrected chi connectivity index (χ3v) is 3.91. The van der Waals surface area contributed by atoms with Gasteiger partial charge >= 0.3 is 6.18 Å². The first-order valence-electron chi connectivity index (χ1n) is 8.39. The highest BCUT2D eigenvalue weighted by Crippen LogP contribution is 2.36. The highest BCUT2D eigenvalue weighted by atomic mass is 19.4. The van der Waals surface area contributed by atoms with Gasteiger partial charge in [0.15, 0.2) is 0 Å². The second kappa shape index (κ2) is 7.92. The number of pyridine rings is 1. The number of halogens is 3. The fourth-order valence-electron chi connectivity index (χ4n) is 2.32. The Bertz CT molecular complexity index is 673. The topological polar surface area (TPSA) is 94.3 Å². The lowest BCUT2D eigenvalue weighted by Crippen LogP contribution is -2.45. The highest BCUT2D eigenvalue weighted by molar-refractivity contribution is 5.96. The Kier molecular flexibility index (Phi) is 6.09. The van der Waals surface area contributed by atoms with Crippen LogP contribution in [0.1, 0.15) is 49.2 Å². The van der Waals surface area contributed by atoms with Crippen molar-refractivity contribution in [3.05, 3.63) is 23.4 Å². The van der Waals surface area contributed by atoms with Crippen LogP contribution in [0.2, 0.25) is 0 Å². The third-order valence-electron chi connectivity index (χ3n) is 3.91. The summed E-state index contributed by atoms with van der Waals surface area (Å²) < 4.78 is 44.5. The van der Waals surface area contributed by atoms with E-state index in [1.165, 1.54) is 0 Å². The van der Waals surface area contributed by atoms with Crippen LogP contribution < -0.4 is 15.8 Å². The van der Waals surface area contributed by atoms with E-state index in [4.69, 9.17) is 10.5 Å². The number of hydrogen-bond acceptors (Lipinski definition) is 4. The minimum atomic E-state index is -4.64. The van der Waals surface area contributed by atoms with Gasteiger partial charge in [0.2, 0.25) is 11.8 Å². The van der Waals surface area contributed by atoms with Gasteiger partial charge in [-0.3, -0.25) is 9.59 Å². The van der Waals surface area contributed by atoms with Gasteiger partial charge in [-0.05, 0) is 43.2 Å². The van der Waals surface area contributed by atoms with Gasteiger partial charge in [0.25, 0.3) is 5.91 Å². The number of aromatic nitrogens is 1.